The molecule has 0 amide bonds. The van der Waals surface area contributed by atoms with Crippen LogP contribution in [0, 0.1) is 15.9 Å². The summed E-state index contributed by atoms with van der Waals surface area (Å²) < 4.78 is 17.8. The van der Waals surface area contributed by atoms with Crippen molar-refractivity contribution < 1.29 is 14.1 Å². The quantitative estimate of drug-likeness (QED) is 0.460. The van der Waals surface area contributed by atoms with Gasteiger partial charge in [0.2, 0.25) is 0 Å². The van der Waals surface area contributed by atoms with Crippen LogP contribution in [0.4, 0.5) is 15.8 Å². The van der Waals surface area contributed by atoms with Crippen LogP contribution < -0.4 is 5.32 Å². The number of hydrogen-bond acceptors (Lipinski definition) is 4. The third-order valence-corrected chi connectivity index (χ3v) is 1.95. The molecule has 1 N–H and O–H groups in total. The number of methoxy groups -OCH3 is 1. The first-order valence-electron chi connectivity index (χ1n) is 4.81. The number of nitro groups is 1. The highest BCUT2D eigenvalue weighted by Crippen LogP contribution is 2.19. The number of halogens is 1. The molecule has 0 aromatic heterocycles. The van der Waals surface area contributed by atoms with E-state index in [1.807, 2.05) is 0 Å². The lowest BCUT2D eigenvalue weighted by atomic mass is 10.2. The minimum Gasteiger partial charge on any atom is -0.385 e. The van der Waals surface area contributed by atoms with Gasteiger partial charge in [0.25, 0.3) is 5.69 Å². The van der Waals surface area contributed by atoms with Crippen molar-refractivity contribution in [2.75, 3.05) is 25.6 Å². The van der Waals surface area contributed by atoms with E-state index in [4.69, 9.17) is 4.74 Å². The molecule has 0 aliphatic carbocycles. The van der Waals surface area contributed by atoms with Gasteiger partial charge < -0.3 is 10.1 Å². The molecule has 0 saturated heterocycles. The first-order chi connectivity index (χ1) is 7.63. The molecule has 0 aliphatic rings. The number of non-ortho nitro benzene ring substituents is 1. The summed E-state index contributed by atoms with van der Waals surface area (Å²) in [6, 6.07) is 3.41. The Balaban J connectivity index is 2.62. The molecule has 5 nitrogen and oxygen atoms in total. The second-order valence-electron chi connectivity index (χ2n) is 3.23. The van der Waals surface area contributed by atoms with Crippen molar-refractivity contribution in [3.8, 4) is 0 Å². The van der Waals surface area contributed by atoms with Crippen molar-refractivity contribution in [3.05, 3.63) is 34.1 Å². The number of nitrogens with zero attached hydrogens (tertiary/aromatic N) is 1. The lowest BCUT2D eigenvalue weighted by Crippen LogP contribution is -2.05. The Morgan fingerprint density at radius 2 is 2.25 bits per heavy atom. The van der Waals surface area contributed by atoms with Gasteiger partial charge in [-0.1, -0.05) is 0 Å². The molecule has 1 aromatic carbocycles. The zero-order valence-electron chi connectivity index (χ0n) is 8.90. The zero-order valence-corrected chi connectivity index (χ0v) is 8.90. The second-order valence-corrected chi connectivity index (χ2v) is 3.23. The van der Waals surface area contributed by atoms with Gasteiger partial charge in [-0.25, -0.2) is 4.39 Å². The van der Waals surface area contributed by atoms with Gasteiger partial charge in [-0.15, -0.1) is 0 Å². The fourth-order valence-corrected chi connectivity index (χ4v) is 1.23. The second kappa shape index (κ2) is 6.02. The summed E-state index contributed by atoms with van der Waals surface area (Å²) in [5.74, 6) is -0.622. The summed E-state index contributed by atoms with van der Waals surface area (Å²) in [6.07, 6.45) is 0.751. The van der Waals surface area contributed by atoms with Crippen molar-refractivity contribution in [1.82, 2.24) is 0 Å². The van der Waals surface area contributed by atoms with E-state index in [1.54, 1.807) is 7.11 Å². The molecule has 0 heterocycles. The predicted octanol–water partition coefficient (Wildman–Crippen LogP) is 2.18. The molecule has 0 spiro atoms. The lowest BCUT2D eigenvalue weighted by Gasteiger charge is -2.05. The molecule has 1 rings (SSSR count). The Labute approximate surface area is 92.4 Å². The summed E-state index contributed by atoms with van der Waals surface area (Å²) in [7, 11) is 1.59. The Kier molecular flexibility index (Phi) is 4.65. The van der Waals surface area contributed by atoms with E-state index in [9.17, 15) is 14.5 Å². The van der Waals surface area contributed by atoms with Gasteiger partial charge in [0, 0.05) is 32.0 Å². The SMILES string of the molecule is COCCCNc1cc(F)cc([N+](=O)[O-])c1. The molecule has 0 fully saturated rings. The number of rotatable bonds is 6. The molecule has 0 saturated carbocycles. The molecular formula is C10H13FN2O3. The Morgan fingerprint density at radius 3 is 2.88 bits per heavy atom. The first-order valence-corrected chi connectivity index (χ1v) is 4.81. The summed E-state index contributed by atoms with van der Waals surface area (Å²) >= 11 is 0. The third kappa shape index (κ3) is 3.82. The van der Waals surface area contributed by atoms with Crippen molar-refractivity contribution in [2.45, 2.75) is 6.42 Å². The number of nitrogens with one attached hydrogen (secondary N) is 1. The highest BCUT2D eigenvalue weighted by molar-refractivity contribution is 5.51. The maximum absolute atomic E-state index is 13.0. The fraction of sp³-hybridized carbons (Fsp3) is 0.400. The van der Waals surface area contributed by atoms with E-state index >= 15 is 0 Å². The van der Waals surface area contributed by atoms with Gasteiger partial charge in [0.15, 0.2) is 0 Å². The minimum absolute atomic E-state index is 0.255. The van der Waals surface area contributed by atoms with Gasteiger partial charge in [-0.3, -0.25) is 10.1 Å². The van der Waals surface area contributed by atoms with Crippen LogP contribution in [0.3, 0.4) is 0 Å². The normalized spacial score (nSPS) is 10.1. The predicted molar refractivity (Wildman–Crippen MR) is 58.0 cm³/mol. The van der Waals surface area contributed by atoms with Crippen molar-refractivity contribution >= 4 is 11.4 Å². The van der Waals surface area contributed by atoms with Crippen LogP contribution in [0.15, 0.2) is 18.2 Å². The van der Waals surface area contributed by atoms with Gasteiger partial charge in [-0.05, 0) is 12.5 Å². The molecule has 16 heavy (non-hydrogen) atoms. The van der Waals surface area contributed by atoms with Gasteiger partial charge in [0.1, 0.15) is 5.82 Å². The van der Waals surface area contributed by atoms with Crippen LogP contribution in [0.1, 0.15) is 6.42 Å². The van der Waals surface area contributed by atoms with E-state index in [-0.39, 0.29) is 5.69 Å². The van der Waals surface area contributed by atoms with Crippen LogP contribution >= 0.6 is 0 Å². The number of nitro benzene ring substituents is 1. The monoisotopic (exact) mass is 228 g/mol. The maximum Gasteiger partial charge on any atom is 0.274 e. The standard InChI is InChI=1S/C10H13FN2O3/c1-16-4-2-3-12-9-5-8(11)6-10(7-9)13(14)15/h5-7,12H,2-4H2,1H3. The van der Waals surface area contributed by atoms with Crippen LogP contribution in [-0.2, 0) is 4.74 Å². The largest absolute Gasteiger partial charge is 0.385 e. The lowest BCUT2D eigenvalue weighted by molar-refractivity contribution is -0.385. The molecule has 0 radical (unpaired) electrons. The molecule has 1 aromatic rings. The topological polar surface area (TPSA) is 64.4 Å². The Morgan fingerprint density at radius 1 is 1.50 bits per heavy atom. The third-order valence-electron chi connectivity index (χ3n) is 1.95. The van der Waals surface area contributed by atoms with Crippen molar-refractivity contribution in [3.63, 3.8) is 0 Å². The molecule has 0 atom stereocenters. The molecule has 88 valence electrons. The summed E-state index contributed by atoms with van der Waals surface area (Å²) in [5.41, 5.74) is 0.150. The smallest absolute Gasteiger partial charge is 0.274 e. The van der Waals surface area contributed by atoms with Gasteiger partial charge in [0.05, 0.1) is 11.0 Å². The fourth-order valence-electron chi connectivity index (χ4n) is 1.23. The van der Waals surface area contributed by atoms with Crippen LogP contribution in [0.2, 0.25) is 0 Å². The summed E-state index contributed by atoms with van der Waals surface area (Å²) in [5, 5.41) is 13.4. The Bertz CT molecular complexity index is 371. The Hall–Kier alpha value is -1.69. The van der Waals surface area contributed by atoms with E-state index < -0.39 is 10.7 Å². The first kappa shape index (κ1) is 12.4. The molecule has 0 unspecified atom stereocenters. The summed E-state index contributed by atoms with van der Waals surface area (Å²) in [4.78, 5) is 9.85. The van der Waals surface area contributed by atoms with Gasteiger partial charge in [-0.2, -0.15) is 0 Å². The number of hydrogen-bond donors (Lipinski definition) is 1. The average Bonchev–Trinajstić information content (AvgIpc) is 2.23. The minimum atomic E-state index is -0.622. The highest BCUT2D eigenvalue weighted by atomic mass is 19.1. The van der Waals surface area contributed by atoms with Gasteiger partial charge >= 0.3 is 0 Å². The number of anilines is 1. The molecule has 0 bridgehead atoms. The van der Waals surface area contributed by atoms with Crippen LogP contribution in [0.25, 0.3) is 0 Å². The van der Waals surface area contributed by atoms with Crippen molar-refractivity contribution in [1.29, 1.82) is 0 Å². The van der Waals surface area contributed by atoms with Crippen LogP contribution in [0.5, 0.6) is 0 Å². The molecule has 6 heteroatoms. The highest BCUT2D eigenvalue weighted by Gasteiger charge is 2.09. The maximum atomic E-state index is 13.0. The van der Waals surface area contributed by atoms with E-state index in [0.717, 1.165) is 12.5 Å². The summed E-state index contributed by atoms with van der Waals surface area (Å²) in [6.45, 7) is 1.17. The van der Waals surface area contributed by atoms with E-state index in [2.05, 4.69) is 5.32 Å². The number of benzene rings is 1. The average molecular weight is 228 g/mol. The van der Waals surface area contributed by atoms with Crippen LogP contribution in [-0.4, -0.2) is 25.2 Å². The van der Waals surface area contributed by atoms with Crippen molar-refractivity contribution in [2.24, 2.45) is 0 Å². The number of ether oxygens (including phenoxy) is 1. The molecule has 0 aliphatic heterocycles. The molecular weight excluding hydrogens is 215 g/mol. The van der Waals surface area contributed by atoms with E-state index in [1.165, 1.54) is 12.1 Å². The van der Waals surface area contributed by atoms with E-state index in [0.29, 0.717) is 18.8 Å². The zero-order chi connectivity index (χ0) is 12.0.